The molecule has 0 bridgehead atoms. The van der Waals surface area contributed by atoms with Gasteiger partial charge in [0.15, 0.2) is 0 Å². The lowest BCUT2D eigenvalue weighted by Gasteiger charge is -2.17. The molecule has 106 valence electrons. The predicted octanol–water partition coefficient (Wildman–Crippen LogP) is 4.78. The van der Waals surface area contributed by atoms with Crippen LogP contribution in [-0.2, 0) is 0 Å². The fourth-order valence-electron chi connectivity index (χ4n) is 1.85. The second-order valence-corrected chi connectivity index (χ2v) is 6.16. The van der Waals surface area contributed by atoms with E-state index >= 15 is 0 Å². The highest BCUT2D eigenvalue weighted by atomic mass is 79.9. The van der Waals surface area contributed by atoms with Gasteiger partial charge in [0, 0.05) is 26.7 Å². The molecule has 1 N–H and O–H groups in total. The van der Waals surface area contributed by atoms with Crippen molar-refractivity contribution in [3.63, 3.8) is 0 Å². The Morgan fingerprint density at radius 2 is 1.95 bits per heavy atom. The minimum Gasteiger partial charge on any atom is -0.312 e. The van der Waals surface area contributed by atoms with Crippen molar-refractivity contribution < 1.29 is 8.78 Å². The van der Waals surface area contributed by atoms with Crippen LogP contribution in [0.3, 0.4) is 0 Å². The number of thioether (sulfide) groups is 1. The second kappa shape index (κ2) is 7.20. The van der Waals surface area contributed by atoms with Gasteiger partial charge in [0.25, 0.3) is 0 Å². The van der Waals surface area contributed by atoms with Crippen molar-refractivity contribution in [1.29, 1.82) is 0 Å². The molecule has 1 nitrogen and oxygen atoms in total. The van der Waals surface area contributed by atoms with Crippen LogP contribution in [0, 0.1) is 11.6 Å². The summed E-state index contributed by atoms with van der Waals surface area (Å²) in [5.74, 6) is -0.203. The Morgan fingerprint density at radius 3 is 2.65 bits per heavy atom. The van der Waals surface area contributed by atoms with E-state index in [0.29, 0.717) is 11.3 Å². The molecule has 2 rings (SSSR count). The Labute approximate surface area is 129 Å². The summed E-state index contributed by atoms with van der Waals surface area (Å²) in [6, 6.07) is 11.1. The number of halogens is 3. The lowest BCUT2D eigenvalue weighted by molar-refractivity contribution is 0.549. The first kappa shape index (κ1) is 15.5. The molecule has 0 spiro atoms. The zero-order chi connectivity index (χ0) is 14.5. The van der Waals surface area contributed by atoms with Crippen molar-refractivity contribution in [3.05, 3.63) is 64.1 Å². The third-order valence-corrected chi connectivity index (χ3v) is 5.05. The average molecular weight is 358 g/mol. The second-order valence-electron chi connectivity index (χ2n) is 4.25. The summed E-state index contributed by atoms with van der Waals surface area (Å²) in [7, 11) is 1.75. The van der Waals surface area contributed by atoms with Gasteiger partial charge in [0.2, 0.25) is 0 Å². The van der Waals surface area contributed by atoms with Crippen LogP contribution >= 0.6 is 27.7 Å². The first-order valence-electron chi connectivity index (χ1n) is 6.11. The Morgan fingerprint density at radius 1 is 1.20 bits per heavy atom. The van der Waals surface area contributed by atoms with E-state index in [1.165, 1.54) is 6.07 Å². The Hall–Kier alpha value is -0.910. The van der Waals surface area contributed by atoms with Crippen LogP contribution in [0.15, 0.2) is 51.8 Å². The highest BCUT2D eigenvalue weighted by Crippen LogP contribution is 2.31. The highest BCUT2D eigenvalue weighted by Gasteiger charge is 2.15. The summed E-state index contributed by atoms with van der Waals surface area (Å²) in [6.45, 7) is 0. The van der Waals surface area contributed by atoms with E-state index < -0.39 is 11.6 Å². The largest absolute Gasteiger partial charge is 0.312 e. The van der Waals surface area contributed by atoms with Crippen LogP contribution in [0.5, 0.6) is 0 Å². The van der Waals surface area contributed by atoms with Gasteiger partial charge in [0.1, 0.15) is 11.6 Å². The standard InChI is InChI=1S/C15H14BrF2NS/c1-19-14(11-8-10(17)6-7-13(11)18)9-20-15-5-3-2-4-12(15)16/h2-8,14,19H,9H2,1H3. The van der Waals surface area contributed by atoms with E-state index in [1.54, 1.807) is 18.8 Å². The summed E-state index contributed by atoms with van der Waals surface area (Å²) in [4.78, 5) is 1.07. The SMILES string of the molecule is CNC(CSc1ccccc1Br)c1cc(F)ccc1F. The summed E-state index contributed by atoms with van der Waals surface area (Å²) < 4.78 is 28.0. The van der Waals surface area contributed by atoms with Gasteiger partial charge in [-0.05, 0) is 53.3 Å². The molecule has 0 fully saturated rings. The maximum absolute atomic E-state index is 13.8. The summed E-state index contributed by atoms with van der Waals surface area (Å²) in [5, 5.41) is 3.03. The van der Waals surface area contributed by atoms with Gasteiger partial charge in [-0.1, -0.05) is 12.1 Å². The smallest absolute Gasteiger partial charge is 0.128 e. The van der Waals surface area contributed by atoms with Gasteiger partial charge in [-0.3, -0.25) is 0 Å². The van der Waals surface area contributed by atoms with Crippen LogP contribution in [-0.4, -0.2) is 12.8 Å². The Kier molecular flexibility index (Phi) is 5.57. The molecule has 0 aromatic heterocycles. The van der Waals surface area contributed by atoms with Gasteiger partial charge in [-0.2, -0.15) is 0 Å². The predicted molar refractivity (Wildman–Crippen MR) is 83.0 cm³/mol. The summed E-state index contributed by atoms with van der Waals surface area (Å²) in [5.41, 5.74) is 0.354. The zero-order valence-electron chi connectivity index (χ0n) is 10.9. The molecule has 0 heterocycles. The highest BCUT2D eigenvalue weighted by molar-refractivity contribution is 9.10. The molecule has 0 saturated carbocycles. The van der Waals surface area contributed by atoms with E-state index in [0.717, 1.165) is 21.5 Å². The van der Waals surface area contributed by atoms with Crippen molar-refractivity contribution in [1.82, 2.24) is 5.32 Å². The normalized spacial score (nSPS) is 12.4. The summed E-state index contributed by atoms with van der Waals surface area (Å²) >= 11 is 5.07. The van der Waals surface area contributed by atoms with E-state index in [9.17, 15) is 8.78 Å². The van der Waals surface area contributed by atoms with Gasteiger partial charge in [-0.25, -0.2) is 8.78 Å². The molecule has 0 saturated heterocycles. The van der Waals surface area contributed by atoms with E-state index in [-0.39, 0.29) is 6.04 Å². The van der Waals surface area contributed by atoms with Crippen LogP contribution in [0.25, 0.3) is 0 Å². The van der Waals surface area contributed by atoms with Crippen molar-refractivity contribution in [3.8, 4) is 0 Å². The fourth-order valence-corrected chi connectivity index (χ4v) is 3.55. The molecule has 0 aliphatic heterocycles. The van der Waals surface area contributed by atoms with Gasteiger partial charge in [0.05, 0.1) is 0 Å². The van der Waals surface area contributed by atoms with Crippen LogP contribution in [0.2, 0.25) is 0 Å². The molecule has 1 unspecified atom stereocenters. The monoisotopic (exact) mass is 357 g/mol. The number of nitrogens with one attached hydrogen (secondary N) is 1. The number of rotatable bonds is 5. The number of hydrogen-bond acceptors (Lipinski definition) is 2. The minimum absolute atomic E-state index is 0.247. The number of benzene rings is 2. The lowest BCUT2D eigenvalue weighted by Crippen LogP contribution is -2.20. The third kappa shape index (κ3) is 3.81. The molecule has 1 atom stereocenters. The molecule has 2 aromatic rings. The molecule has 0 aliphatic rings. The molecule has 20 heavy (non-hydrogen) atoms. The molecule has 0 amide bonds. The van der Waals surface area contributed by atoms with Crippen molar-refractivity contribution in [2.24, 2.45) is 0 Å². The molecular formula is C15H14BrF2NS. The topological polar surface area (TPSA) is 12.0 Å². The zero-order valence-corrected chi connectivity index (χ0v) is 13.3. The van der Waals surface area contributed by atoms with E-state index in [2.05, 4.69) is 21.2 Å². The van der Waals surface area contributed by atoms with Crippen LogP contribution in [0.1, 0.15) is 11.6 Å². The maximum atomic E-state index is 13.8. The molecule has 0 aliphatic carbocycles. The first-order chi connectivity index (χ1) is 9.61. The van der Waals surface area contributed by atoms with Gasteiger partial charge >= 0.3 is 0 Å². The van der Waals surface area contributed by atoms with Crippen molar-refractivity contribution in [2.45, 2.75) is 10.9 Å². The Balaban J connectivity index is 2.13. The number of hydrogen-bond donors (Lipinski definition) is 1. The van der Waals surface area contributed by atoms with E-state index in [4.69, 9.17) is 0 Å². The third-order valence-electron chi connectivity index (χ3n) is 2.92. The molecular weight excluding hydrogens is 344 g/mol. The lowest BCUT2D eigenvalue weighted by atomic mass is 10.1. The van der Waals surface area contributed by atoms with Gasteiger partial charge in [-0.15, -0.1) is 11.8 Å². The van der Waals surface area contributed by atoms with Crippen molar-refractivity contribution in [2.75, 3.05) is 12.8 Å². The van der Waals surface area contributed by atoms with Crippen LogP contribution < -0.4 is 5.32 Å². The fraction of sp³-hybridized carbons (Fsp3) is 0.200. The molecule has 2 aromatic carbocycles. The molecule has 0 radical (unpaired) electrons. The average Bonchev–Trinajstić information content (AvgIpc) is 2.45. The maximum Gasteiger partial charge on any atom is 0.128 e. The van der Waals surface area contributed by atoms with Gasteiger partial charge < -0.3 is 5.32 Å². The first-order valence-corrected chi connectivity index (χ1v) is 7.89. The quantitative estimate of drug-likeness (QED) is 0.772. The minimum atomic E-state index is -0.424. The van der Waals surface area contributed by atoms with E-state index in [1.807, 2.05) is 24.3 Å². The summed E-state index contributed by atoms with van der Waals surface area (Å²) in [6.07, 6.45) is 0. The van der Waals surface area contributed by atoms with Crippen LogP contribution in [0.4, 0.5) is 8.78 Å². The van der Waals surface area contributed by atoms with Crippen molar-refractivity contribution >= 4 is 27.7 Å². The molecule has 5 heteroatoms. The Bertz CT molecular complexity index is 592.